The molecule has 1 N–H and O–H groups in total. The van der Waals surface area contributed by atoms with E-state index in [4.69, 9.17) is 4.74 Å². The van der Waals surface area contributed by atoms with E-state index >= 15 is 0 Å². The Morgan fingerprint density at radius 1 is 1.17 bits per heavy atom. The van der Waals surface area contributed by atoms with Gasteiger partial charge in [-0.25, -0.2) is 0 Å². The Balaban J connectivity index is 2.81. The molecule has 0 aromatic heterocycles. The maximum Gasteiger partial charge on any atom is 0.118 e. The first kappa shape index (κ1) is 14.3. The van der Waals surface area contributed by atoms with Crippen molar-refractivity contribution in [3.63, 3.8) is 0 Å². The van der Waals surface area contributed by atoms with E-state index in [2.05, 4.69) is 13.2 Å². The lowest BCUT2D eigenvalue weighted by atomic mass is 9.94. The normalized spacial score (nSPS) is 11.4. The lowest BCUT2D eigenvalue weighted by Crippen LogP contribution is -2.23. The maximum absolute atomic E-state index is 10.3. The van der Waals surface area contributed by atoms with Crippen LogP contribution in [0.5, 0.6) is 5.75 Å². The summed E-state index contributed by atoms with van der Waals surface area (Å²) in [7, 11) is 1.64. The van der Waals surface area contributed by atoms with Crippen LogP contribution in [0.25, 0.3) is 6.08 Å². The van der Waals surface area contributed by atoms with Crippen molar-refractivity contribution < 1.29 is 9.84 Å². The zero-order valence-corrected chi connectivity index (χ0v) is 10.8. The van der Waals surface area contributed by atoms with Crippen LogP contribution in [0.15, 0.2) is 55.7 Å². The van der Waals surface area contributed by atoms with Gasteiger partial charge in [0.25, 0.3) is 0 Å². The fraction of sp³-hybridized carbons (Fsp3) is 0.250. The fourth-order valence-corrected chi connectivity index (χ4v) is 1.69. The van der Waals surface area contributed by atoms with Gasteiger partial charge >= 0.3 is 0 Å². The molecule has 1 rings (SSSR count). The van der Waals surface area contributed by atoms with Crippen molar-refractivity contribution in [3.05, 3.63) is 61.2 Å². The number of hydrogen-bond donors (Lipinski definition) is 1. The van der Waals surface area contributed by atoms with Gasteiger partial charge in [-0.1, -0.05) is 36.4 Å². The average molecular weight is 244 g/mol. The highest BCUT2D eigenvalue weighted by Gasteiger charge is 2.19. The summed E-state index contributed by atoms with van der Waals surface area (Å²) in [6, 6.07) is 7.66. The molecule has 0 amide bonds. The molecule has 0 fully saturated rings. The standard InChI is InChI=1S/C16H20O2/c1-4-11-16(17,12-5-2)13-10-14-6-8-15(18-3)9-7-14/h4-10,13,17H,1-2,11-12H2,3H3/b13-10+. The van der Waals surface area contributed by atoms with E-state index in [0.29, 0.717) is 12.8 Å². The van der Waals surface area contributed by atoms with Gasteiger partial charge in [-0.15, -0.1) is 13.2 Å². The van der Waals surface area contributed by atoms with E-state index in [0.717, 1.165) is 11.3 Å². The van der Waals surface area contributed by atoms with Gasteiger partial charge in [0.1, 0.15) is 5.75 Å². The molecule has 0 aliphatic rings. The summed E-state index contributed by atoms with van der Waals surface area (Å²) in [5, 5.41) is 10.3. The molecular weight excluding hydrogens is 224 g/mol. The number of methoxy groups -OCH3 is 1. The van der Waals surface area contributed by atoms with E-state index in [1.54, 1.807) is 25.3 Å². The second-order valence-corrected chi connectivity index (χ2v) is 4.20. The van der Waals surface area contributed by atoms with Gasteiger partial charge in [-0.05, 0) is 30.5 Å². The van der Waals surface area contributed by atoms with Crippen molar-refractivity contribution in [2.75, 3.05) is 7.11 Å². The first-order chi connectivity index (χ1) is 8.63. The summed E-state index contributed by atoms with van der Waals surface area (Å²) < 4.78 is 5.09. The molecule has 0 heterocycles. The van der Waals surface area contributed by atoms with E-state index in [1.165, 1.54) is 0 Å². The summed E-state index contributed by atoms with van der Waals surface area (Å²) >= 11 is 0. The summed E-state index contributed by atoms with van der Waals surface area (Å²) in [4.78, 5) is 0. The first-order valence-electron chi connectivity index (χ1n) is 5.91. The van der Waals surface area contributed by atoms with Crippen LogP contribution in [-0.2, 0) is 0 Å². The highest BCUT2D eigenvalue weighted by Crippen LogP contribution is 2.20. The number of aliphatic hydroxyl groups is 1. The summed E-state index contributed by atoms with van der Waals surface area (Å²) in [5.41, 5.74) is 0.117. The molecule has 1 aromatic rings. The van der Waals surface area contributed by atoms with Gasteiger partial charge in [0.2, 0.25) is 0 Å². The molecule has 18 heavy (non-hydrogen) atoms. The molecule has 96 valence electrons. The third-order valence-electron chi connectivity index (χ3n) is 2.70. The minimum atomic E-state index is -0.899. The summed E-state index contributed by atoms with van der Waals surface area (Å²) in [6.45, 7) is 7.32. The van der Waals surface area contributed by atoms with Crippen molar-refractivity contribution in [2.45, 2.75) is 18.4 Å². The molecule has 1 aromatic carbocycles. The Labute approximate surface area is 109 Å². The highest BCUT2D eigenvalue weighted by molar-refractivity contribution is 5.52. The Kier molecular flexibility index (Phi) is 5.40. The van der Waals surface area contributed by atoms with Crippen LogP contribution in [0, 0.1) is 0 Å². The van der Waals surface area contributed by atoms with Crippen molar-refractivity contribution >= 4 is 6.08 Å². The quantitative estimate of drug-likeness (QED) is 0.743. The molecule has 0 spiro atoms. The van der Waals surface area contributed by atoms with Crippen LogP contribution in [-0.4, -0.2) is 17.8 Å². The number of hydrogen-bond acceptors (Lipinski definition) is 2. The number of ether oxygens (including phenoxy) is 1. The SMILES string of the molecule is C=CCC(O)(/C=C/c1ccc(OC)cc1)CC=C. The minimum absolute atomic E-state index is 0.506. The van der Waals surface area contributed by atoms with Crippen LogP contribution in [0.3, 0.4) is 0 Å². The van der Waals surface area contributed by atoms with Crippen molar-refractivity contribution in [2.24, 2.45) is 0 Å². The Bertz CT molecular complexity index is 405. The smallest absolute Gasteiger partial charge is 0.118 e. The van der Waals surface area contributed by atoms with Crippen molar-refractivity contribution in [3.8, 4) is 5.75 Å². The minimum Gasteiger partial charge on any atom is -0.497 e. The van der Waals surface area contributed by atoms with Gasteiger partial charge in [0.15, 0.2) is 0 Å². The molecule has 0 aliphatic carbocycles. The molecule has 0 aliphatic heterocycles. The second-order valence-electron chi connectivity index (χ2n) is 4.20. The lowest BCUT2D eigenvalue weighted by Gasteiger charge is -2.21. The third kappa shape index (κ3) is 4.22. The van der Waals surface area contributed by atoms with Gasteiger partial charge in [0.05, 0.1) is 12.7 Å². The van der Waals surface area contributed by atoms with Crippen LogP contribution in [0.2, 0.25) is 0 Å². The number of benzene rings is 1. The molecule has 0 saturated carbocycles. The van der Waals surface area contributed by atoms with Gasteiger partial charge in [-0.3, -0.25) is 0 Å². The Morgan fingerprint density at radius 3 is 2.17 bits per heavy atom. The number of rotatable bonds is 7. The largest absolute Gasteiger partial charge is 0.497 e. The van der Waals surface area contributed by atoms with Crippen LogP contribution < -0.4 is 4.74 Å². The van der Waals surface area contributed by atoms with Crippen LogP contribution in [0.1, 0.15) is 18.4 Å². The van der Waals surface area contributed by atoms with E-state index < -0.39 is 5.60 Å². The molecule has 2 nitrogen and oxygen atoms in total. The zero-order chi connectivity index (χ0) is 13.4. The molecular formula is C16H20O2. The van der Waals surface area contributed by atoms with Gasteiger partial charge in [-0.2, -0.15) is 0 Å². The predicted octanol–water partition coefficient (Wildman–Crippen LogP) is 3.59. The van der Waals surface area contributed by atoms with Crippen LogP contribution >= 0.6 is 0 Å². The topological polar surface area (TPSA) is 29.5 Å². The second kappa shape index (κ2) is 6.82. The molecule has 2 heteroatoms. The van der Waals surface area contributed by atoms with Gasteiger partial charge in [0, 0.05) is 0 Å². The Morgan fingerprint density at radius 2 is 1.72 bits per heavy atom. The van der Waals surface area contributed by atoms with Crippen molar-refractivity contribution in [1.82, 2.24) is 0 Å². The summed E-state index contributed by atoms with van der Waals surface area (Å²) in [5.74, 6) is 0.819. The van der Waals surface area contributed by atoms with Crippen LogP contribution in [0.4, 0.5) is 0 Å². The zero-order valence-electron chi connectivity index (χ0n) is 10.8. The molecule has 0 radical (unpaired) electrons. The fourth-order valence-electron chi connectivity index (χ4n) is 1.69. The lowest BCUT2D eigenvalue weighted by molar-refractivity contribution is 0.0986. The van der Waals surface area contributed by atoms with E-state index in [1.807, 2.05) is 30.3 Å². The molecule has 0 atom stereocenters. The molecule has 0 unspecified atom stereocenters. The summed E-state index contributed by atoms with van der Waals surface area (Å²) in [6.07, 6.45) is 8.12. The molecule has 0 bridgehead atoms. The maximum atomic E-state index is 10.3. The van der Waals surface area contributed by atoms with Crippen molar-refractivity contribution in [1.29, 1.82) is 0 Å². The first-order valence-corrected chi connectivity index (χ1v) is 5.91. The monoisotopic (exact) mass is 244 g/mol. The average Bonchev–Trinajstić information content (AvgIpc) is 2.38. The highest BCUT2D eigenvalue weighted by atomic mass is 16.5. The van der Waals surface area contributed by atoms with Gasteiger partial charge < -0.3 is 9.84 Å². The Hall–Kier alpha value is -1.80. The predicted molar refractivity (Wildman–Crippen MR) is 76.6 cm³/mol. The van der Waals surface area contributed by atoms with E-state index in [-0.39, 0.29) is 0 Å². The van der Waals surface area contributed by atoms with E-state index in [9.17, 15) is 5.11 Å². The third-order valence-corrected chi connectivity index (χ3v) is 2.70. The molecule has 0 saturated heterocycles.